The summed E-state index contributed by atoms with van der Waals surface area (Å²) < 4.78 is 0. The fourth-order valence-corrected chi connectivity index (χ4v) is 0.744. The van der Waals surface area contributed by atoms with E-state index in [2.05, 4.69) is 6.58 Å². The third-order valence-electron chi connectivity index (χ3n) is 1.57. The van der Waals surface area contributed by atoms with E-state index in [-0.39, 0.29) is 0 Å². The number of carbonyl (C=O) groups excluding carboxylic acids is 2. The van der Waals surface area contributed by atoms with Gasteiger partial charge in [-0.3, -0.25) is 9.59 Å². The molecular formula is C7H12N2O2. The van der Waals surface area contributed by atoms with Crippen LogP contribution in [0.3, 0.4) is 0 Å². The highest BCUT2D eigenvalue weighted by Gasteiger charge is 2.23. The molecule has 0 aromatic rings. The molecule has 0 aliphatic heterocycles. The molecule has 0 saturated carbocycles. The number of hydrogen-bond donors (Lipinski definition) is 2. The van der Waals surface area contributed by atoms with Crippen LogP contribution in [0.5, 0.6) is 0 Å². The van der Waals surface area contributed by atoms with E-state index in [9.17, 15) is 9.59 Å². The van der Waals surface area contributed by atoms with Crippen LogP contribution in [0.2, 0.25) is 0 Å². The van der Waals surface area contributed by atoms with Crippen LogP contribution < -0.4 is 11.5 Å². The minimum absolute atomic E-state index is 0.547. The fourth-order valence-electron chi connectivity index (χ4n) is 0.744. The van der Waals surface area contributed by atoms with E-state index in [1.54, 1.807) is 6.92 Å². The van der Waals surface area contributed by atoms with Gasteiger partial charge in [-0.2, -0.15) is 0 Å². The predicted molar refractivity (Wildman–Crippen MR) is 41.2 cm³/mol. The van der Waals surface area contributed by atoms with E-state index in [4.69, 9.17) is 11.5 Å². The van der Waals surface area contributed by atoms with Crippen molar-refractivity contribution in [1.82, 2.24) is 0 Å². The molecule has 0 saturated heterocycles. The molecule has 4 nitrogen and oxygen atoms in total. The molecule has 11 heavy (non-hydrogen) atoms. The molecule has 0 radical (unpaired) electrons. The van der Waals surface area contributed by atoms with Gasteiger partial charge in [-0.25, -0.2) is 0 Å². The second-order valence-electron chi connectivity index (χ2n) is 2.35. The first-order valence-corrected chi connectivity index (χ1v) is 3.22. The molecule has 0 aromatic carbocycles. The van der Waals surface area contributed by atoms with Crippen LogP contribution in [-0.2, 0) is 9.59 Å². The standard InChI is InChI=1S/C7H12N2O2/c1-3-5(7(9)11)4(2)6(8)10/h3-5H,1H2,2H3,(H2,8,10)(H2,9,11). The Hall–Kier alpha value is -1.32. The molecule has 0 aromatic heterocycles. The Kier molecular flexibility index (Phi) is 3.30. The molecule has 0 spiro atoms. The molecule has 2 unspecified atom stereocenters. The molecule has 62 valence electrons. The van der Waals surface area contributed by atoms with E-state index in [1.165, 1.54) is 6.08 Å². The van der Waals surface area contributed by atoms with Gasteiger partial charge in [0.2, 0.25) is 11.8 Å². The van der Waals surface area contributed by atoms with Gasteiger partial charge >= 0.3 is 0 Å². The van der Waals surface area contributed by atoms with Gasteiger partial charge in [-0.15, -0.1) is 6.58 Å². The Morgan fingerprint density at radius 3 is 1.91 bits per heavy atom. The minimum atomic E-state index is -0.660. The van der Waals surface area contributed by atoms with Crippen molar-refractivity contribution >= 4 is 11.8 Å². The maximum Gasteiger partial charge on any atom is 0.225 e. The zero-order chi connectivity index (χ0) is 9.02. The Bertz CT molecular complexity index is 189. The van der Waals surface area contributed by atoms with Gasteiger partial charge in [-0.05, 0) is 0 Å². The quantitative estimate of drug-likeness (QED) is 0.532. The summed E-state index contributed by atoms with van der Waals surface area (Å²) in [6.45, 7) is 4.92. The minimum Gasteiger partial charge on any atom is -0.369 e. The van der Waals surface area contributed by atoms with Crippen molar-refractivity contribution in [1.29, 1.82) is 0 Å². The van der Waals surface area contributed by atoms with Crippen molar-refractivity contribution in [3.63, 3.8) is 0 Å². The summed E-state index contributed by atoms with van der Waals surface area (Å²) in [6, 6.07) is 0. The maximum atomic E-state index is 10.6. The van der Waals surface area contributed by atoms with E-state index >= 15 is 0 Å². The lowest BCUT2D eigenvalue weighted by Crippen LogP contribution is -2.34. The van der Waals surface area contributed by atoms with Crippen LogP contribution >= 0.6 is 0 Å². The Balaban J connectivity index is 4.37. The van der Waals surface area contributed by atoms with Crippen LogP contribution in [0.4, 0.5) is 0 Å². The number of primary amides is 2. The summed E-state index contributed by atoms with van der Waals surface area (Å²) in [5.41, 5.74) is 9.92. The van der Waals surface area contributed by atoms with Crippen LogP contribution in [0, 0.1) is 11.8 Å². The third kappa shape index (κ3) is 2.41. The van der Waals surface area contributed by atoms with Crippen LogP contribution in [-0.4, -0.2) is 11.8 Å². The molecule has 4 heteroatoms. The van der Waals surface area contributed by atoms with E-state index in [0.29, 0.717) is 0 Å². The molecule has 0 aliphatic carbocycles. The second kappa shape index (κ2) is 3.75. The summed E-state index contributed by atoms with van der Waals surface area (Å²) in [4.78, 5) is 21.2. The number of amides is 2. The van der Waals surface area contributed by atoms with Crippen molar-refractivity contribution in [3.05, 3.63) is 12.7 Å². The van der Waals surface area contributed by atoms with Gasteiger partial charge in [0.25, 0.3) is 0 Å². The predicted octanol–water partition coefficient (Wildman–Crippen LogP) is -0.605. The molecule has 0 fully saturated rings. The van der Waals surface area contributed by atoms with Crippen molar-refractivity contribution in [2.45, 2.75) is 6.92 Å². The van der Waals surface area contributed by atoms with Gasteiger partial charge in [0, 0.05) is 5.92 Å². The Morgan fingerprint density at radius 1 is 1.36 bits per heavy atom. The molecule has 0 heterocycles. The van der Waals surface area contributed by atoms with E-state index in [0.717, 1.165) is 0 Å². The third-order valence-corrected chi connectivity index (χ3v) is 1.57. The molecule has 4 N–H and O–H groups in total. The summed E-state index contributed by atoms with van der Waals surface area (Å²) in [5.74, 6) is -2.36. The lowest BCUT2D eigenvalue weighted by Gasteiger charge is -2.12. The zero-order valence-corrected chi connectivity index (χ0v) is 6.41. The molecule has 0 rings (SSSR count). The molecule has 0 bridgehead atoms. The second-order valence-corrected chi connectivity index (χ2v) is 2.35. The first-order valence-electron chi connectivity index (χ1n) is 3.22. The van der Waals surface area contributed by atoms with Gasteiger partial charge < -0.3 is 11.5 Å². The van der Waals surface area contributed by atoms with Gasteiger partial charge in [0.05, 0.1) is 5.92 Å². The number of rotatable bonds is 4. The summed E-state index contributed by atoms with van der Waals surface area (Å²) in [7, 11) is 0. The topological polar surface area (TPSA) is 86.2 Å². The van der Waals surface area contributed by atoms with Crippen LogP contribution in [0.25, 0.3) is 0 Å². The van der Waals surface area contributed by atoms with E-state index in [1.807, 2.05) is 0 Å². The van der Waals surface area contributed by atoms with E-state index < -0.39 is 23.7 Å². The highest BCUT2D eigenvalue weighted by molar-refractivity contribution is 5.86. The highest BCUT2D eigenvalue weighted by Crippen LogP contribution is 2.10. The summed E-state index contributed by atoms with van der Waals surface area (Å²) in [5, 5.41) is 0. The Labute approximate surface area is 65.2 Å². The average molecular weight is 156 g/mol. The van der Waals surface area contributed by atoms with Crippen molar-refractivity contribution in [2.24, 2.45) is 23.3 Å². The first-order chi connectivity index (χ1) is 5.00. The first kappa shape index (κ1) is 9.68. The molecular weight excluding hydrogens is 144 g/mol. The monoisotopic (exact) mass is 156 g/mol. The van der Waals surface area contributed by atoms with Gasteiger partial charge in [0.1, 0.15) is 0 Å². The summed E-state index contributed by atoms with van der Waals surface area (Å²) >= 11 is 0. The Morgan fingerprint density at radius 2 is 1.82 bits per heavy atom. The number of nitrogens with two attached hydrogens (primary N) is 2. The van der Waals surface area contributed by atoms with Gasteiger partial charge in [0.15, 0.2) is 0 Å². The zero-order valence-electron chi connectivity index (χ0n) is 6.41. The number of carbonyl (C=O) groups is 2. The van der Waals surface area contributed by atoms with Crippen LogP contribution in [0.1, 0.15) is 6.92 Å². The normalized spacial score (nSPS) is 15.0. The largest absolute Gasteiger partial charge is 0.369 e. The van der Waals surface area contributed by atoms with Crippen molar-refractivity contribution in [3.8, 4) is 0 Å². The highest BCUT2D eigenvalue weighted by atomic mass is 16.2. The fraction of sp³-hybridized carbons (Fsp3) is 0.429. The number of hydrogen-bond acceptors (Lipinski definition) is 2. The maximum absolute atomic E-state index is 10.6. The lowest BCUT2D eigenvalue weighted by molar-refractivity contribution is -0.129. The summed E-state index contributed by atoms with van der Waals surface area (Å²) in [6.07, 6.45) is 1.33. The van der Waals surface area contributed by atoms with Crippen molar-refractivity contribution in [2.75, 3.05) is 0 Å². The SMILES string of the molecule is C=CC(C(N)=O)C(C)C(N)=O. The molecule has 2 atom stereocenters. The van der Waals surface area contributed by atoms with Gasteiger partial charge in [-0.1, -0.05) is 13.0 Å². The lowest BCUT2D eigenvalue weighted by atomic mass is 9.93. The van der Waals surface area contributed by atoms with Crippen LogP contribution in [0.15, 0.2) is 12.7 Å². The smallest absolute Gasteiger partial charge is 0.225 e. The average Bonchev–Trinajstić information content (AvgIpc) is 1.88. The molecule has 2 amide bonds. The van der Waals surface area contributed by atoms with Crippen molar-refractivity contribution < 1.29 is 9.59 Å². The molecule has 0 aliphatic rings.